The topological polar surface area (TPSA) is 74.1 Å². The first kappa shape index (κ1) is 25.4. The minimum absolute atomic E-state index is 0.194. The molecule has 4 rings (SSSR count). The van der Waals surface area contributed by atoms with Gasteiger partial charge in [0.2, 0.25) is 5.16 Å². The van der Waals surface area contributed by atoms with Gasteiger partial charge < -0.3 is 14.8 Å². The first-order valence-corrected chi connectivity index (χ1v) is 12.8. The van der Waals surface area contributed by atoms with Crippen LogP contribution in [-0.2, 0) is 13.2 Å². The molecule has 35 heavy (non-hydrogen) atoms. The third kappa shape index (κ3) is 6.72. The average molecular weight is 579 g/mol. The summed E-state index contributed by atoms with van der Waals surface area (Å²) in [6, 6.07) is 17.8. The van der Waals surface area contributed by atoms with E-state index in [9.17, 15) is 4.39 Å². The number of rotatable bonds is 11. The van der Waals surface area contributed by atoms with Gasteiger partial charge in [-0.15, -0.1) is 5.10 Å². The van der Waals surface area contributed by atoms with Crippen molar-refractivity contribution < 1.29 is 13.9 Å². The first-order valence-electron chi connectivity index (χ1n) is 10.7. The maximum atomic E-state index is 13.3. The lowest BCUT2D eigenvalue weighted by atomic mass is 10.2. The molecule has 0 bridgehead atoms. The minimum Gasteiger partial charge on any atom is -0.493 e. The number of methoxy groups -OCH3 is 1. The third-order valence-corrected chi connectivity index (χ3v) is 7.01. The van der Waals surface area contributed by atoms with E-state index in [0.29, 0.717) is 28.6 Å². The summed E-state index contributed by atoms with van der Waals surface area (Å²) in [5.41, 5.74) is 2.63. The van der Waals surface area contributed by atoms with E-state index in [1.165, 1.54) is 12.1 Å². The van der Waals surface area contributed by atoms with Crippen molar-refractivity contribution in [3.63, 3.8) is 0 Å². The number of halogens is 3. The molecule has 0 saturated heterocycles. The molecular formula is C24H22BrClFN5O2S. The normalized spacial score (nSPS) is 11.0. The van der Waals surface area contributed by atoms with Crippen LogP contribution >= 0.6 is 39.3 Å². The Balaban J connectivity index is 1.30. The number of aromatic nitrogens is 4. The Labute approximate surface area is 220 Å². The predicted molar refractivity (Wildman–Crippen MR) is 138 cm³/mol. The van der Waals surface area contributed by atoms with Gasteiger partial charge in [0.1, 0.15) is 12.4 Å². The summed E-state index contributed by atoms with van der Waals surface area (Å²) >= 11 is 11.3. The van der Waals surface area contributed by atoms with Crippen LogP contribution in [0.4, 0.5) is 4.39 Å². The van der Waals surface area contributed by atoms with Gasteiger partial charge >= 0.3 is 0 Å². The predicted octanol–water partition coefficient (Wildman–Crippen LogP) is 5.69. The molecule has 0 saturated carbocycles. The lowest BCUT2D eigenvalue weighted by Gasteiger charge is -2.15. The van der Waals surface area contributed by atoms with Crippen molar-refractivity contribution in [2.75, 3.05) is 19.4 Å². The molecule has 0 amide bonds. The molecule has 0 aliphatic carbocycles. The maximum Gasteiger partial charge on any atom is 0.214 e. The highest BCUT2D eigenvalue weighted by molar-refractivity contribution is 9.10. The second-order valence-electron chi connectivity index (χ2n) is 7.35. The maximum absolute atomic E-state index is 13.3. The number of ether oxygens (including phenoxy) is 2. The van der Waals surface area contributed by atoms with Crippen LogP contribution in [0.1, 0.15) is 11.1 Å². The number of hydrogen-bond donors (Lipinski definition) is 1. The van der Waals surface area contributed by atoms with E-state index in [4.69, 9.17) is 21.1 Å². The molecule has 0 unspecified atom stereocenters. The van der Waals surface area contributed by atoms with Gasteiger partial charge in [-0.1, -0.05) is 63.6 Å². The van der Waals surface area contributed by atoms with Crippen molar-refractivity contribution in [2.24, 2.45) is 0 Å². The van der Waals surface area contributed by atoms with Crippen molar-refractivity contribution in [3.05, 3.63) is 87.1 Å². The van der Waals surface area contributed by atoms with Crippen molar-refractivity contribution in [2.45, 2.75) is 18.3 Å². The van der Waals surface area contributed by atoms with Gasteiger partial charge in [0.15, 0.2) is 11.5 Å². The van der Waals surface area contributed by atoms with Crippen molar-refractivity contribution in [1.82, 2.24) is 25.5 Å². The molecule has 0 atom stereocenters. The molecule has 1 N–H and O–H groups in total. The van der Waals surface area contributed by atoms with Crippen LogP contribution in [0.3, 0.4) is 0 Å². The van der Waals surface area contributed by atoms with Crippen LogP contribution in [0.25, 0.3) is 5.69 Å². The molecule has 11 heteroatoms. The number of nitrogens with one attached hydrogen (secondary N) is 1. The van der Waals surface area contributed by atoms with E-state index in [-0.39, 0.29) is 12.4 Å². The molecular weight excluding hydrogens is 557 g/mol. The number of nitrogens with zero attached hydrogens (tertiary/aromatic N) is 4. The fraction of sp³-hybridized carbons (Fsp3) is 0.208. The van der Waals surface area contributed by atoms with E-state index < -0.39 is 0 Å². The smallest absolute Gasteiger partial charge is 0.214 e. The fourth-order valence-electron chi connectivity index (χ4n) is 3.22. The number of para-hydroxylation sites is 1. The lowest BCUT2D eigenvalue weighted by molar-refractivity contribution is 0.284. The zero-order valence-corrected chi connectivity index (χ0v) is 21.9. The molecule has 3 aromatic carbocycles. The Hall–Kier alpha value is -2.66. The highest BCUT2D eigenvalue weighted by Crippen LogP contribution is 2.34. The van der Waals surface area contributed by atoms with E-state index in [1.807, 2.05) is 42.5 Å². The number of tetrazole rings is 1. The van der Waals surface area contributed by atoms with Gasteiger partial charge in [-0.25, -0.2) is 4.39 Å². The summed E-state index contributed by atoms with van der Waals surface area (Å²) in [6.07, 6.45) is 0. The molecule has 4 aromatic rings. The van der Waals surface area contributed by atoms with Gasteiger partial charge in [-0.2, -0.15) is 4.68 Å². The summed E-state index contributed by atoms with van der Waals surface area (Å²) in [7, 11) is 1.59. The van der Waals surface area contributed by atoms with Crippen LogP contribution in [-0.4, -0.2) is 39.6 Å². The third-order valence-electron chi connectivity index (χ3n) is 5.00. The van der Waals surface area contributed by atoms with E-state index >= 15 is 0 Å². The molecule has 182 valence electrons. The molecule has 7 nitrogen and oxygen atoms in total. The highest BCUT2D eigenvalue weighted by Gasteiger charge is 2.12. The average Bonchev–Trinajstić information content (AvgIpc) is 3.33. The van der Waals surface area contributed by atoms with Gasteiger partial charge in [0.25, 0.3) is 0 Å². The van der Waals surface area contributed by atoms with E-state index in [1.54, 1.807) is 29.6 Å². The van der Waals surface area contributed by atoms with Crippen LogP contribution < -0.4 is 14.8 Å². The Bertz CT molecular complexity index is 1280. The SMILES string of the molecule is COc1cc(CNCCSc2nnnn2-c2ccccc2)c(Br)cc1OCc1ccc(F)cc1Cl. The summed E-state index contributed by atoms with van der Waals surface area (Å²) < 4.78 is 27.3. The minimum atomic E-state index is -0.385. The zero-order chi connectivity index (χ0) is 24.6. The molecule has 0 aliphatic heterocycles. The van der Waals surface area contributed by atoms with Crippen molar-refractivity contribution in [1.29, 1.82) is 0 Å². The number of thioether (sulfide) groups is 1. The van der Waals surface area contributed by atoms with E-state index in [0.717, 1.165) is 33.2 Å². The molecule has 1 aromatic heterocycles. The number of benzene rings is 3. The van der Waals surface area contributed by atoms with Crippen LogP contribution in [0.15, 0.2) is 70.3 Å². The van der Waals surface area contributed by atoms with Crippen molar-refractivity contribution in [3.8, 4) is 17.2 Å². The molecule has 0 aliphatic rings. The van der Waals surface area contributed by atoms with E-state index in [2.05, 4.69) is 36.8 Å². The Morgan fingerprint density at radius 1 is 1.09 bits per heavy atom. The van der Waals surface area contributed by atoms with Crippen LogP contribution in [0, 0.1) is 5.82 Å². The number of hydrogen-bond acceptors (Lipinski definition) is 7. The summed E-state index contributed by atoms with van der Waals surface area (Å²) in [4.78, 5) is 0. The monoisotopic (exact) mass is 577 g/mol. The molecule has 0 spiro atoms. The molecule has 1 heterocycles. The Morgan fingerprint density at radius 2 is 1.91 bits per heavy atom. The summed E-state index contributed by atoms with van der Waals surface area (Å²) in [6.45, 7) is 1.58. The van der Waals surface area contributed by atoms with Crippen LogP contribution in [0.2, 0.25) is 5.02 Å². The van der Waals surface area contributed by atoms with Gasteiger partial charge in [0.05, 0.1) is 17.8 Å². The zero-order valence-electron chi connectivity index (χ0n) is 18.7. The quantitative estimate of drug-likeness (QED) is 0.181. The second-order valence-corrected chi connectivity index (χ2v) is 9.68. The second kappa shape index (κ2) is 12.3. The van der Waals surface area contributed by atoms with Crippen LogP contribution in [0.5, 0.6) is 11.5 Å². The van der Waals surface area contributed by atoms with Gasteiger partial charge in [0, 0.05) is 28.9 Å². The van der Waals surface area contributed by atoms with Crippen molar-refractivity contribution >= 4 is 39.3 Å². The highest BCUT2D eigenvalue weighted by atomic mass is 79.9. The molecule has 0 fully saturated rings. The Kier molecular flexibility index (Phi) is 8.97. The first-order chi connectivity index (χ1) is 17.0. The van der Waals surface area contributed by atoms with Gasteiger partial charge in [-0.3, -0.25) is 0 Å². The standard InChI is InChI=1S/C24H22BrClFN5O2S/c1-33-22-11-17(20(25)13-23(22)34-15-16-7-8-18(27)12-21(16)26)14-28-9-10-35-24-29-30-31-32(24)19-5-3-2-4-6-19/h2-8,11-13,28H,9-10,14-15H2,1H3. The largest absolute Gasteiger partial charge is 0.493 e. The summed E-state index contributed by atoms with van der Waals surface area (Å²) in [5.74, 6) is 1.57. The molecule has 0 radical (unpaired) electrons. The van der Waals surface area contributed by atoms with Gasteiger partial charge in [-0.05, 0) is 52.4 Å². The fourth-order valence-corrected chi connectivity index (χ4v) is 4.69. The summed E-state index contributed by atoms with van der Waals surface area (Å²) in [5, 5.41) is 16.5. The Morgan fingerprint density at radius 3 is 2.69 bits per heavy atom. The lowest BCUT2D eigenvalue weighted by Crippen LogP contribution is -2.17.